The molecule has 0 fully saturated rings. The number of carbonyl (C=O) groups excluding carboxylic acids is 1. The Hall–Kier alpha value is -0.920. The van der Waals surface area contributed by atoms with E-state index >= 15 is 0 Å². The lowest BCUT2D eigenvalue weighted by atomic mass is 10.1. The Morgan fingerprint density at radius 2 is 2.06 bits per heavy atom. The molecular formula is C11H15BrN2O3S. The number of hydrogen-bond donors (Lipinski definition) is 2. The van der Waals surface area contributed by atoms with Gasteiger partial charge in [-0.2, -0.15) is 0 Å². The van der Waals surface area contributed by atoms with Gasteiger partial charge in [-0.3, -0.25) is 4.79 Å². The summed E-state index contributed by atoms with van der Waals surface area (Å²) in [7, 11) is -3.84. The number of hydrogen-bond acceptors (Lipinski definition) is 3. The van der Waals surface area contributed by atoms with Gasteiger partial charge in [-0.15, -0.1) is 0 Å². The quantitative estimate of drug-likeness (QED) is 0.875. The number of primary sulfonamides is 1. The maximum Gasteiger partial charge on any atom is 0.251 e. The van der Waals surface area contributed by atoms with Crippen LogP contribution in [0.25, 0.3) is 0 Å². The Balaban J connectivity index is 3.25. The van der Waals surface area contributed by atoms with E-state index in [-0.39, 0.29) is 16.4 Å². The van der Waals surface area contributed by atoms with Crippen LogP contribution in [0.5, 0.6) is 0 Å². The lowest BCUT2D eigenvalue weighted by Gasteiger charge is -2.09. The number of benzene rings is 1. The molecule has 0 spiro atoms. The third-order valence-corrected chi connectivity index (χ3v) is 4.26. The maximum absolute atomic E-state index is 11.8. The Morgan fingerprint density at radius 3 is 2.56 bits per heavy atom. The van der Waals surface area contributed by atoms with Crippen LogP contribution in [0.4, 0.5) is 0 Å². The molecule has 3 N–H and O–H groups in total. The standard InChI is InChI=1S/C11H15BrN2O3S/c1-3-4-14-11(15)8-5-9(12)7(2)10(6-8)18(13,16)17/h5-6H,3-4H2,1-2H3,(H,14,15)(H2,13,16,17). The van der Waals surface area contributed by atoms with E-state index in [4.69, 9.17) is 5.14 Å². The molecule has 1 aromatic carbocycles. The molecule has 0 aliphatic carbocycles. The average molecular weight is 335 g/mol. The summed E-state index contributed by atoms with van der Waals surface area (Å²) in [6.07, 6.45) is 0.806. The van der Waals surface area contributed by atoms with Crippen molar-refractivity contribution in [3.63, 3.8) is 0 Å². The maximum atomic E-state index is 11.8. The van der Waals surface area contributed by atoms with Crippen molar-refractivity contribution in [1.82, 2.24) is 5.32 Å². The molecule has 5 nitrogen and oxygen atoms in total. The van der Waals surface area contributed by atoms with Crippen LogP contribution in [0.2, 0.25) is 0 Å². The number of nitrogens with one attached hydrogen (secondary N) is 1. The second-order valence-electron chi connectivity index (χ2n) is 3.88. The largest absolute Gasteiger partial charge is 0.352 e. The number of amides is 1. The Labute approximate surface area is 115 Å². The summed E-state index contributed by atoms with van der Waals surface area (Å²) in [6.45, 7) is 4.09. The van der Waals surface area contributed by atoms with E-state index in [0.717, 1.165) is 6.42 Å². The molecule has 0 atom stereocenters. The number of sulfonamides is 1. The molecular weight excluding hydrogens is 320 g/mol. The van der Waals surface area contributed by atoms with Gasteiger partial charge in [0.2, 0.25) is 10.0 Å². The van der Waals surface area contributed by atoms with Crippen molar-refractivity contribution in [2.45, 2.75) is 25.2 Å². The molecule has 7 heteroatoms. The highest BCUT2D eigenvalue weighted by molar-refractivity contribution is 9.10. The average Bonchev–Trinajstić information content (AvgIpc) is 2.27. The fourth-order valence-corrected chi connectivity index (χ4v) is 2.84. The first-order chi connectivity index (χ1) is 8.27. The van der Waals surface area contributed by atoms with Gasteiger partial charge >= 0.3 is 0 Å². The molecule has 0 aliphatic rings. The number of carbonyl (C=O) groups is 1. The molecule has 18 heavy (non-hydrogen) atoms. The zero-order chi connectivity index (χ0) is 13.9. The zero-order valence-electron chi connectivity index (χ0n) is 10.2. The lowest BCUT2D eigenvalue weighted by molar-refractivity contribution is 0.0953. The van der Waals surface area contributed by atoms with Crippen LogP contribution in [0.1, 0.15) is 29.3 Å². The predicted octanol–water partition coefficient (Wildman–Crippen LogP) is 1.54. The van der Waals surface area contributed by atoms with Gasteiger partial charge in [0.25, 0.3) is 5.91 Å². The number of rotatable bonds is 4. The van der Waals surface area contributed by atoms with Crippen molar-refractivity contribution >= 4 is 31.9 Å². The SMILES string of the molecule is CCCNC(=O)c1cc(Br)c(C)c(S(N)(=O)=O)c1. The summed E-state index contributed by atoms with van der Waals surface area (Å²) in [5.41, 5.74) is 0.759. The lowest BCUT2D eigenvalue weighted by Crippen LogP contribution is -2.25. The number of nitrogens with two attached hydrogens (primary N) is 1. The molecule has 0 radical (unpaired) electrons. The first kappa shape index (κ1) is 15.1. The van der Waals surface area contributed by atoms with Gasteiger partial charge in [0.15, 0.2) is 0 Å². The monoisotopic (exact) mass is 334 g/mol. The Morgan fingerprint density at radius 1 is 1.44 bits per heavy atom. The van der Waals surface area contributed by atoms with E-state index in [1.807, 2.05) is 6.92 Å². The van der Waals surface area contributed by atoms with Gasteiger partial charge in [-0.25, -0.2) is 13.6 Å². The second-order valence-corrected chi connectivity index (χ2v) is 6.27. The van der Waals surface area contributed by atoms with Crippen LogP contribution in [0.3, 0.4) is 0 Å². The Kier molecular flexibility index (Phi) is 4.89. The van der Waals surface area contributed by atoms with E-state index in [1.165, 1.54) is 6.07 Å². The molecule has 0 saturated heterocycles. The third-order valence-electron chi connectivity index (χ3n) is 2.40. The van der Waals surface area contributed by atoms with Crippen LogP contribution in [0, 0.1) is 6.92 Å². The van der Waals surface area contributed by atoms with Crippen molar-refractivity contribution < 1.29 is 13.2 Å². The smallest absolute Gasteiger partial charge is 0.251 e. The minimum atomic E-state index is -3.84. The van der Waals surface area contributed by atoms with Gasteiger partial charge in [0.05, 0.1) is 4.90 Å². The van der Waals surface area contributed by atoms with E-state index in [2.05, 4.69) is 21.2 Å². The van der Waals surface area contributed by atoms with Crippen LogP contribution in [0.15, 0.2) is 21.5 Å². The molecule has 1 rings (SSSR count). The molecule has 0 aliphatic heterocycles. The molecule has 0 heterocycles. The minimum Gasteiger partial charge on any atom is -0.352 e. The van der Waals surface area contributed by atoms with Crippen molar-refractivity contribution in [2.75, 3.05) is 6.54 Å². The number of halogens is 1. The van der Waals surface area contributed by atoms with Gasteiger partial charge in [0, 0.05) is 16.6 Å². The summed E-state index contributed by atoms with van der Waals surface area (Å²) in [5.74, 6) is -0.317. The topological polar surface area (TPSA) is 89.3 Å². The molecule has 0 aromatic heterocycles. The predicted molar refractivity (Wildman–Crippen MR) is 72.9 cm³/mol. The van der Waals surface area contributed by atoms with E-state index in [0.29, 0.717) is 16.6 Å². The fourth-order valence-electron chi connectivity index (χ4n) is 1.42. The van der Waals surface area contributed by atoms with Gasteiger partial charge in [0.1, 0.15) is 0 Å². The summed E-state index contributed by atoms with van der Waals surface area (Å²) < 4.78 is 23.4. The van der Waals surface area contributed by atoms with Crippen molar-refractivity contribution in [3.05, 3.63) is 27.7 Å². The fraction of sp³-hybridized carbons (Fsp3) is 0.364. The second kappa shape index (κ2) is 5.81. The summed E-state index contributed by atoms with van der Waals surface area (Å²) in [5, 5.41) is 7.79. The van der Waals surface area contributed by atoms with Crippen molar-refractivity contribution in [2.24, 2.45) is 5.14 Å². The molecule has 100 valence electrons. The van der Waals surface area contributed by atoms with Gasteiger partial charge < -0.3 is 5.32 Å². The molecule has 1 aromatic rings. The molecule has 1 amide bonds. The van der Waals surface area contributed by atoms with E-state index in [1.54, 1.807) is 13.0 Å². The molecule has 0 bridgehead atoms. The normalized spacial score (nSPS) is 11.3. The Bertz CT molecular complexity index is 570. The first-order valence-electron chi connectivity index (χ1n) is 5.38. The van der Waals surface area contributed by atoms with Crippen LogP contribution in [-0.4, -0.2) is 20.9 Å². The highest BCUT2D eigenvalue weighted by Crippen LogP contribution is 2.25. The van der Waals surface area contributed by atoms with Crippen molar-refractivity contribution in [3.8, 4) is 0 Å². The van der Waals surface area contributed by atoms with Crippen molar-refractivity contribution in [1.29, 1.82) is 0 Å². The highest BCUT2D eigenvalue weighted by Gasteiger charge is 2.17. The third kappa shape index (κ3) is 3.54. The first-order valence-corrected chi connectivity index (χ1v) is 7.72. The van der Waals surface area contributed by atoms with Gasteiger partial charge in [-0.05, 0) is 31.0 Å². The van der Waals surface area contributed by atoms with Crippen LogP contribution in [-0.2, 0) is 10.0 Å². The van der Waals surface area contributed by atoms with Crippen LogP contribution >= 0.6 is 15.9 Å². The highest BCUT2D eigenvalue weighted by atomic mass is 79.9. The minimum absolute atomic E-state index is 0.0430. The van der Waals surface area contributed by atoms with E-state index in [9.17, 15) is 13.2 Å². The molecule has 0 unspecified atom stereocenters. The van der Waals surface area contributed by atoms with Gasteiger partial charge in [-0.1, -0.05) is 22.9 Å². The summed E-state index contributed by atoms with van der Waals surface area (Å²) in [4.78, 5) is 11.7. The van der Waals surface area contributed by atoms with Crippen LogP contribution < -0.4 is 10.5 Å². The summed E-state index contributed by atoms with van der Waals surface area (Å²) >= 11 is 3.23. The van der Waals surface area contributed by atoms with E-state index < -0.39 is 10.0 Å². The molecule has 0 saturated carbocycles. The summed E-state index contributed by atoms with van der Waals surface area (Å²) in [6, 6.07) is 2.87. The zero-order valence-corrected chi connectivity index (χ0v) is 12.6.